The largest absolute Gasteiger partial charge is 0.431 e. The Morgan fingerprint density at radius 2 is 1.52 bits per heavy atom. The Kier molecular flexibility index (Phi) is 6.89. The van der Waals surface area contributed by atoms with E-state index in [2.05, 4.69) is 5.16 Å². The minimum atomic E-state index is -0.690. The van der Waals surface area contributed by atoms with E-state index in [1.807, 2.05) is 24.3 Å². The lowest BCUT2D eigenvalue weighted by Crippen LogP contribution is -2.22. The molecular formula is C19H22N2O6. The number of aliphatic hydroxyl groups is 2. The number of rotatable bonds is 4. The molecule has 0 aromatic heterocycles. The first-order valence-corrected chi connectivity index (χ1v) is 8.18. The predicted octanol–water partition coefficient (Wildman–Crippen LogP) is 1.92. The molecule has 0 spiro atoms. The molecular weight excluding hydrogens is 352 g/mol. The number of hydrogen-bond donors (Lipinski definition) is 4. The van der Waals surface area contributed by atoms with Gasteiger partial charge in [0.05, 0.1) is 13.2 Å². The third-order valence-corrected chi connectivity index (χ3v) is 3.57. The third kappa shape index (κ3) is 5.78. The summed E-state index contributed by atoms with van der Waals surface area (Å²) in [5, 5.41) is 29.7. The van der Waals surface area contributed by atoms with E-state index in [9.17, 15) is 4.79 Å². The standard InChI is InChI=1S/C11H13NO3.C8H9NO3/c1-11(2)14-10(12-15-11)9-5-3-8(7-13)4-6-9;10-5-6-1-3-7(4-2-6)8(11)9-12/h3-6,13H,7H2,1-2H3;1-4,10,12H,5H2,(H,9,11). The van der Waals surface area contributed by atoms with Crippen molar-refractivity contribution in [3.05, 3.63) is 70.8 Å². The zero-order valence-electron chi connectivity index (χ0n) is 15.0. The smallest absolute Gasteiger partial charge is 0.274 e. The molecule has 2 aromatic rings. The van der Waals surface area contributed by atoms with Crippen LogP contribution < -0.4 is 5.48 Å². The van der Waals surface area contributed by atoms with E-state index in [-0.39, 0.29) is 13.2 Å². The summed E-state index contributed by atoms with van der Waals surface area (Å²) in [7, 11) is 0. The maximum absolute atomic E-state index is 10.8. The number of nitrogens with one attached hydrogen (secondary N) is 1. The van der Waals surface area contributed by atoms with Crippen molar-refractivity contribution in [2.24, 2.45) is 5.16 Å². The molecule has 1 amide bonds. The summed E-state index contributed by atoms with van der Waals surface area (Å²) in [5.74, 6) is -0.769. The van der Waals surface area contributed by atoms with Crippen LogP contribution in [0.15, 0.2) is 53.7 Å². The molecule has 1 aliphatic heterocycles. The summed E-state index contributed by atoms with van der Waals surface area (Å²) in [5.41, 5.74) is 4.30. The van der Waals surface area contributed by atoms with Crippen LogP contribution in [0.25, 0.3) is 0 Å². The molecule has 8 heteroatoms. The predicted molar refractivity (Wildman–Crippen MR) is 96.8 cm³/mol. The van der Waals surface area contributed by atoms with Gasteiger partial charge in [0.1, 0.15) is 0 Å². The number of carbonyl (C=O) groups excluding carboxylic acids is 1. The van der Waals surface area contributed by atoms with Gasteiger partial charge >= 0.3 is 0 Å². The monoisotopic (exact) mass is 374 g/mol. The van der Waals surface area contributed by atoms with Crippen molar-refractivity contribution >= 4 is 11.8 Å². The Bertz CT molecular complexity index is 785. The normalized spacial score (nSPS) is 14.2. The quantitative estimate of drug-likeness (QED) is 0.479. The highest BCUT2D eigenvalue weighted by Gasteiger charge is 2.30. The van der Waals surface area contributed by atoms with E-state index in [4.69, 9.17) is 25.0 Å². The number of amides is 1. The summed E-state index contributed by atoms with van der Waals surface area (Å²) in [4.78, 5) is 15.9. The fourth-order valence-corrected chi connectivity index (χ4v) is 2.11. The summed E-state index contributed by atoms with van der Waals surface area (Å²) in [6.07, 6.45) is 0. The third-order valence-electron chi connectivity index (χ3n) is 3.57. The number of hydrogen-bond acceptors (Lipinski definition) is 7. The van der Waals surface area contributed by atoms with E-state index in [0.29, 0.717) is 11.5 Å². The Labute approximate surface area is 156 Å². The minimum Gasteiger partial charge on any atom is -0.431 e. The van der Waals surface area contributed by atoms with E-state index in [1.54, 1.807) is 26.0 Å². The highest BCUT2D eigenvalue weighted by Crippen LogP contribution is 2.22. The van der Waals surface area contributed by atoms with Gasteiger partial charge in [0.15, 0.2) is 0 Å². The van der Waals surface area contributed by atoms with Crippen LogP contribution in [-0.4, -0.2) is 33.0 Å². The number of carbonyl (C=O) groups is 1. The van der Waals surface area contributed by atoms with Gasteiger partial charge in [0.2, 0.25) is 0 Å². The summed E-state index contributed by atoms with van der Waals surface area (Å²) < 4.78 is 5.47. The highest BCUT2D eigenvalue weighted by molar-refractivity contribution is 5.94. The van der Waals surface area contributed by atoms with Gasteiger partial charge in [0, 0.05) is 25.0 Å². The molecule has 144 valence electrons. The van der Waals surface area contributed by atoms with Crippen LogP contribution in [0, 0.1) is 0 Å². The van der Waals surface area contributed by atoms with Gasteiger partial charge in [-0.2, -0.15) is 0 Å². The number of hydroxylamine groups is 1. The number of oxime groups is 1. The molecule has 1 aliphatic rings. The van der Waals surface area contributed by atoms with Gasteiger partial charge in [-0.05, 0) is 40.5 Å². The number of benzene rings is 2. The van der Waals surface area contributed by atoms with Gasteiger partial charge in [-0.25, -0.2) is 5.48 Å². The molecule has 0 bridgehead atoms. The van der Waals surface area contributed by atoms with Crippen LogP contribution in [0.2, 0.25) is 0 Å². The molecule has 0 atom stereocenters. The summed E-state index contributed by atoms with van der Waals surface area (Å²) in [6.45, 7) is 3.58. The van der Waals surface area contributed by atoms with Gasteiger partial charge in [0.25, 0.3) is 17.6 Å². The average molecular weight is 374 g/mol. The second-order valence-corrected chi connectivity index (χ2v) is 6.14. The Hall–Kier alpha value is -2.94. The van der Waals surface area contributed by atoms with Crippen LogP contribution in [0.3, 0.4) is 0 Å². The maximum atomic E-state index is 10.8. The molecule has 1 heterocycles. The molecule has 3 rings (SSSR count). The summed E-state index contributed by atoms with van der Waals surface area (Å²) in [6, 6.07) is 13.6. The molecule has 2 aromatic carbocycles. The van der Waals surface area contributed by atoms with E-state index >= 15 is 0 Å². The molecule has 0 fully saturated rings. The lowest BCUT2D eigenvalue weighted by Gasteiger charge is -2.14. The molecule has 8 nitrogen and oxygen atoms in total. The first kappa shape index (κ1) is 20.4. The first-order chi connectivity index (χ1) is 12.9. The molecule has 27 heavy (non-hydrogen) atoms. The summed E-state index contributed by atoms with van der Waals surface area (Å²) >= 11 is 0. The lowest BCUT2D eigenvalue weighted by molar-refractivity contribution is -0.128. The van der Waals surface area contributed by atoms with Crippen LogP contribution in [0.1, 0.15) is 40.9 Å². The molecule has 4 N–H and O–H groups in total. The van der Waals surface area contributed by atoms with E-state index < -0.39 is 11.7 Å². The van der Waals surface area contributed by atoms with E-state index in [1.165, 1.54) is 17.6 Å². The topological polar surface area (TPSA) is 121 Å². The lowest BCUT2D eigenvalue weighted by atomic mass is 10.1. The molecule has 0 unspecified atom stereocenters. The molecule has 0 aliphatic carbocycles. The van der Waals surface area contributed by atoms with Gasteiger partial charge in [-0.15, -0.1) is 0 Å². The van der Waals surface area contributed by atoms with Crippen LogP contribution in [0.4, 0.5) is 0 Å². The second kappa shape index (κ2) is 9.13. The minimum absolute atomic E-state index is 0.0373. The van der Waals surface area contributed by atoms with Crippen molar-refractivity contribution in [2.45, 2.75) is 32.8 Å². The second-order valence-electron chi connectivity index (χ2n) is 6.14. The Morgan fingerprint density at radius 3 is 1.93 bits per heavy atom. The van der Waals surface area contributed by atoms with Crippen molar-refractivity contribution in [2.75, 3.05) is 0 Å². The fraction of sp³-hybridized carbons (Fsp3) is 0.263. The first-order valence-electron chi connectivity index (χ1n) is 8.18. The van der Waals surface area contributed by atoms with Gasteiger partial charge in [-0.1, -0.05) is 24.3 Å². The fourth-order valence-electron chi connectivity index (χ4n) is 2.11. The van der Waals surface area contributed by atoms with E-state index in [0.717, 1.165) is 16.7 Å². The highest BCUT2D eigenvalue weighted by atomic mass is 16.8. The molecule has 0 saturated heterocycles. The van der Waals surface area contributed by atoms with Crippen molar-refractivity contribution in [3.63, 3.8) is 0 Å². The van der Waals surface area contributed by atoms with Crippen LogP contribution in [0.5, 0.6) is 0 Å². The molecule has 0 radical (unpaired) electrons. The number of aliphatic hydroxyl groups excluding tert-OH is 2. The Balaban J connectivity index is 0.000000199. The van der Waals surface area contributed by atoms with Crippen LogP contribution >= 0.6 is 0 Å². The number of ether oxygens (including phenoxy) is 1. The average Bonchev–Trinajstić information content (AvgIpc) is 3.07. The van der Waals surface area contributed by atoms with Crippen molar-refractivity contribution in [3.8, 4) is 0 Å². The van der Waals surface area contributed by atoms with Gasteiger partial charge < -0.3 is 19.8 Å². The maximum Gasteiger partial charge on any atom is 0.274 e. The number of nitrogens with zero attached hydrogens (tertiary/aromatic N) is 1. The molecule has 0 saturated carbocycles. The zero-order valence-corrected chi connectivity index (χ0v) is 15.0. The van der Waals surface area contributed by atoms with Crippen molar-refractivity contribution in [1.29, 1.82) is 0 Å². The SMILES string of the molecule is CC1(C)ON=C(c2ccc(CO)cc2)O1.O=C(NO)c1ccc(CO)cc1. The van der Waals surface area contributed by atoms with Gasteiger partial charge in [-0.3, -0.25) is 10.0 Å². The van der Waals surface area contributed by atoms with Crippen molar-refractivity contribution in [1.82, 2.24) is 5.48 Å². The zero-order chi connectivity index (χ0) is 19.9. The Morgan fingerprint density at radius 1 is 1.00 bits per heavy atom. The van der Waals surface area contributed by atoms with Crippen molar-refractivity contribution < 1.29 is 29.8 Å². The van der Waals surface area contributed by atoms with Crippen LogP contribution in [-0.2, 0) is 22.8 Å².